The van der Waals surface area contributed by atoms with Gasteiger partial charge in [0.15, 0.2) is 11.6 Å². The summed E-state index contributed by atoms with van der Waals surface area (Å²) in [6, 6.07) is 1.19. The predicted octanol–water partition coefficient (Wildman–Crippen LogP) is 3.74. The van der Waals surface area contributed by atoms with Gasteiger partial charge in [0, 0.05) is 23.6 Å². The molecule has 16 heavy (non-hydrogen) atoms. The molecule has 2 nitrogen and oxygen atoms in total. The third-order valence-electron chi connectivity index (χ3n) is 1.74. The van der Waals surface area contributed by atoms with Gasteiger partial charge in [-0.05, 0) is 28.4 Å². The number of anilines is 1. The van der Waals surface area contributed by atoms with Crippen LogP contribution in [-0.2, 0) is 0 Å². The van der Waals surface area contributed by atoms with Gasteiger partial charge in [0.05, 0.1) is 0 Å². The summed E-state index contributed by atoms with van der Waals surface area (Å²) in [5.41, 5.74) is 0. The average molecular weight is 301 g/mol. The maximum atomic E-state index is 13.1. The number of pyridine rings is 1. The van der Waals surface area contributed by atoms with Crippen LogP contribution in [0.5, 0.6) is 0 Å². The van der Waals surface area contributed by atoms with E-state index in [2.05, 4.69) is 26.2 Å². The van der Waals surface area contributed by atoms with Crippen molar-refractivity contribution in [2.24, 2.45) is 0 Å². The summed E-state index contributed by atoms with van der Waals surface area (Å²) >= 11 is 3.03. The topological polar surface area (TPSA) is 24.9 Å². The van der Waals surface area contributed by atoms with Gasteiger partial charge in [-0.3, -0.25) is 0 Å². The largest absolute Gasteiger partial charge is 0.389 e. The first kappa shape index (κ1) is 13.2. The van der Waals surface area contributed by atoms with Crippen LogP contribution in [0.2, 0.25) is 0 Å². The zero-order chi connectivity index (χ0) is 12.2. The van der Waals surface area contributed by atoms with Crippen LogP contribution in [0.25, 0.3) is 0 Å². The molecule has 0 radical (unpaired) electrons. The van der Waals surface area contributed by atoms with Crippen LogP contribution in [0.4, 0.5) is 23.4 Å². The van der Waals surface area contributed by atoms with E-state index < -0.39 is 18.4 Å². The van der Waals surface area contributed by atoms with Crippen LogP contribution in [0.1, 0.15) is 12.8 Å². The number of hydrogen-bond acceptors (Lipinski definition) is 2. The zero-order valence-electron chi connectivity index (χ0n) is 8.11. The minimum absolute atomic E-state index is 0.0328. The lowest BCUT2D eigenvalue weighted by Crippen LogP contribution is -2.12. The second kappa shape index (κ2) is 5.47. The second-order valence-electron chi connectivity index (χ2n) is 3.13. The first-order valence-corrected chi connectivity index (χ1v) is 5.29. The van der Waals surface area contributed by atoms with E-state index >= 15 is 0 Å². The van der Waals surface area contributed by atoms with E-state index in [0.717, 1.165) is 0 Å². The van der Waals surface area contributed by atoms with Gasteiger partial charge in [-0.1, -0.05) is 0 Å². The number of aromatic nitrogens is 1. The molecule has 7 heteroatoms. The van der Waals surface area contributed by atoms with Crippen molar-refractivity contribution in [3.63, 3.8) is 0 Å². The summed E-state index contributed by atoms with van der Waals surface area (Å²) in [7, 11) is 0. The van der Waals surface area contributed by atoms with Crippen LogP contribution in [0.15, 0.2) is 16.7 Å². The van der Waals surface area contributed by atoms with Crippen LogP contribution in [0.3, 0.4) is 0 Å². The van der Waals surface area contributed by atoms with Crippen molar-refractivity contribution < 1.29 is 17.6 Å². The van der Waals surface area contributed by atoms with Gasteiger partial charge in [-0.15, -0.1) is 0 Å². The molecular formula is C9H9BrF4N2. The molecule has 0 saturated heterocycles. The first-order chi connectivity index (χ1) is 7.38. The van der Waals surface area contributed by atoms with Gasteiger partial charge in [0.2, 0.25) is 0 Å². The fourth-order valence-electron chi connectivity index (χ4n) is 1.04. The van der Waals surface area contributed by atoms with E-state index in [4.69, 9.17) is 0 Å². The molecule has 0 atom stereocenters. The maximum Gasteiger partial charge on any atom is 0.389 e. The molecule has 0 amide bonds. The Balaban J connectivity index is 2.38. The van der Waals surface area contributed by atoms with E-state index in [0.29, 0.717) is 4.47 Å². The number of hydrogen-bond donors (Lipinski definition) is 1. The number of rotatable bonds is 4. The van der Waals surface area contributed by atoms with Gasteiger partial charge in [-0.2, -0.15) is 13.2 Å². The molecule has 0 fully saturated rings. The Kier molecular flexibility index (Phi) is 4.52. The van der Waals surface area contributed by atoms with Crippen molar-refractivity contribution in [3.8, 4) is 0 Å². The van der Waals surface area contributed by atoms with Crippen molar-refractivity contribution in [1.29, 1.82) is 0 Å². The third kappa shape index (κ3) is 4.78. The summed E-state index contributed by atoms with van der Waals surface area (Å²) in [5.74, 6) is -0.633. The van der Waals surface area contributed by atoms with Gasteiger partial charge < -0.3 is 5.32 Å². The summed E-state index contributed by atoms with van der Waals surface area (Å²) in [6.07, 6.45) is -3.80. The Morgan fingerprint density at radius 2 is 2.06 bits per heavy atom. The van der Waals surface area contributed by atoms with E-state index in [9.17, 15) is 17.6 Å². The smallest absolute Gasteiger partial charge is 0.368 e. The average Bonchev–Trinajstić information content (AvgIpc) is 2.13. The van der Waals surface area contributed by atoms with Crippen LogP contribution in [-0.4, -0.2) is 17.7 Å². The van der Waals surface area contributed by atoms with E-state index in [1.54, 1.807) is 0 Å². The number of nitrogens with zero attached hydrogens (tertiary/aromatic N) is 1. The molecule has 90 valence electrons. The Hall–Kier alpha value is -0.850. The van der Waals surface area contributed by atoms with Crippen LogP contribution in [0, 0.1) is 5.82 Å². The molecule has 0 aromatic carbocycles. The lowest BCUT2D eigenvalue weighted by molar-refractivity contribution is -0.134. The van der Waals surface area contributed by atoms with Gasteiger partial charge in [0.25, 0.3) is 0 Å². The summed E-state index contributed by atoms with van der Waals surface area (Å²) in [4.78, 5) is 3.70. The standard InChI is InChI=1S/C9H9BrF4N2/c10-6-4-7(11)8(16-5-6)15-3-1-2-9(12,13)14/h4-5H,1-3H2,(H,15,16). The molecule has 1 rings (SSSR count). The van der Waals surface area contributed by atoms with Gasteiger partial charge >= 0.3 is 6.18 Å². The van der Waals surface area contributed by atoms with E-state index in [1.165, 1.54) is 12.3 Å². The van der Waals surface area contributed by atoms with Crippen molar-refractivity contribution in [3.05, 3.63) is 22.6 Å². The van der Waals surface area contributed by atoms with Gasteiger partial charge in [-0.25, -0.2) is 9.37 Å². The Labute approximate surface area is 98.2 Å². The van der Waals surface area contributed by atoms with E-state index in [1.807, 2.05) is 0 Å². The lowest BCUT2D eigenvalue weighted by Gasteiger charge is -2.08. The molecular weight excluding hydrogens is 292 g/mol. The normalized spacial score (nSPS) is 11.6. The highest BCUT2D eigenvalue weighted by atomic mass is 79.9. The van der Waals surface area contributed by atoms with Crippen molar-refractivity contribution in [2.45, 2.75) is 19.0 Å². The fourth-order valence-corrected chi connectivity index (χ4v) is 1.34. The third-order valence-corrected chi connectivity index (χ3v) is 2.17. The molecule has 0 aliphatic carbocycles. The monoisotopic (exact) mass is 300 g/mol. The highest BCUT2D eigenvalue weighted by Gasteiger charge is 2.25. The number of halogens is 5. The summed E-state index contributed by atoms with van der Waals surface area (Å²) < 4.78 is 49.0. The molecule has 0 unspecified atom stereocenters. The second-order valence-corrected chi connectivity index (χ2v) is 4.05. The zero-order valence-corrected chi connectivity index (χ0v) is 9.70. The minimum Gasteiger partial charge on any atom is -0.368 e. The quantitative estimate of drug-likeness (QED) is 0.677. The molecule has 0 spiro atoms. The molecule has 0 saturated carbocycles. The molecule has 1 aromatic heterocycles. The molecule has 1 heterocycles. The molecule has 1 aromatic rings. The fraction of sp³-hybridized carbons (Fsp3) is 0.444. The Morgan fingerprint density at radius 3 is 2.62 bits per heavy atom. The van der Waals surface area contributed by atoms with Crippen molar-refractivity contribution in [2.75, 3.05) is 11.9 Å². The SMILES string of the molecule is Fc1cc(Br)cnc1NCCCC(F)(F)F. The summed E-state index contributed by atoms with van der Waals surface area (Å²) in [6.45, 7) is 0.0328. The predicted molar refractivity (Wildman–Crippen MR) is 55.7 cm³/mol. The highest BCUT2D eigenvalue weighted by molar-refractivity contribution is 9.10. The summed E-state index contributed by atoms with van der Waals surface area (Å²) in [5, 5.41) is 2.51. The first-order valence-electron chi connectivity index (χ1n) is 4.50. The lowest BCUT2D eigenvalue weighted by atomic mass is 10.3. The minimum atomic E-state index is -4.17. The molecule has 1 N–H and O–H groups in total. The van der Waals surface area contributed by atoms with Crippen LogP contribution < -0.4 is 5.32 Å². The molecule has 0 aliphatic heterocycles. The number of alkyl halides is 3. The van der Waals surface area contributed by atoms with E-state index in [-0.39, 0.29) is 18.8 Å². The Morgan fingerprint density at radius 1 is 1.38 bits per heavy atom. The van der Waals surface area contributed by atoms with Crippen molar-refractivity contribution in [1.82, 2.24) is 4.98 Å². The van der Waals surface area contributed by atoms with Gasteiger partial charge in [0.1, 0.15) is 0 Å². The maximum absolute atomic E-state index is 13.1. The highest BCUT2D eigenvalue weighted by Crippen LogP contribution is 2.21. The molecule has 0 aliphatic rings. The molecule has 0 bridgehead atoms. The number of nitrogens with one attached hydrogen (secondary N) is 1. The van der Waals surface area contributed by atoms with Crippen LogP contribution >= 0.6 is 15.9 Å². The Bertz CT molecular complexity index is 354. The van der Waals surface area contributed by atoms with Crippen molar-refractivity contribution >= 4 is 21.7 Å².